The van der Waals surface area contributed by atoms with Crippen LogP contribution in [0, 0.1) is 13.8 Å². The molecule has 0 spiro atoms. The number of aryl methyl sites for hydroxylation is 2. The van der Waals surface area contributed by atoms with Gasteiger partial charge in [0.25, 0.3) is 0 Å². The zero-order valence-corrected chi connectivity index (χ0v) is 17.3. The molecule has 0 aliphatic carbocycles. The minimum absolute atomic E-state index is 0.0715. The fourth-order valence-electron chi connectivity index (χ4n) is 1.96. The van der Waals surface area contributed by atoms with E-state index in [4.69, 9.17) is 17.0 Å². The van der Waals surface area contributed by atoms with Gasteiger partial charge in [0.1, 0.15) is 5.75 Å². The number of aromatic hydroxyl groups is 1. The summed E-state index contributed by atoms with van der Waals surface area (Å²) in [6.45, 7) is 3.39. The van der Waals surface area contributed by atoms with Gasteiger partial charge in [-0.25, -0.2) is 0 Å². The van der Waals surface area contributed by atoms with E-state index in [9.17, 15) is 18.3 Å². The van der Waals surface area contributed by atoms with Crippen molar-refractivity contribution in [1.29, 1.82) is 0 Å². The summed E-state index contributed by atoms with van der Waals surface area (Å²) < 4.78 is 39.2. The van der Waals surface area contributed by atoms with Crippen molar-refractivity contribution >= 4 is 36.2 Å². The Bertz CT molecular complexity index is 666. The Morgan fingerprint density at radius 1 is 1.00 bits per heavy atom. The average molecular weight is 460 g/mol. The van der Waals surface area contributed by atoms with E-state index in [0.717, 1.165) is 6.07 Å². The van der Waals surface area contributed by atoms with Crippen molar-refractivity contribution in [2.24, 2.45) is 0 Å². The van der Waals surface area contributed by atoms with Crippen LogP contribution >= 0.6 is 25.6 Å². The van der Waals surface area contributed by atoms with Crippen LogP contribution in [0.1, 0.15) is 16.7 Å². The Kier molecular flexibility index (Phi) is 8.59. The number of phenolic OH excluding ortho intramolecular Hbond substituents is 1. The summed E-state index contributed by atoms with van der Waals surface area (Å²) in [7, 11) is 9.64. The number of para-hydroxylation sites is 1. The van der Waals surface area contributed by atoms with Crippen molar-refractivity contribution in [3.05, 3.63) is 53.1 Å². The third kappa shape index (κ3) is 6.05. The summed E-state index contributed by atoms with van der Waals surface area (Å²) in [4.78, 5) is 0. The van der Waals surface area contributed by atoms with Gasteiger partial charge >= 0.3 is 44.1 Å². The fourth-order valence-corrected chi connectivity index (χ4v) is 3.37. The predicted molar refractivity (Wildman–Crippen MR) is 88.3 cm³/mol. The standard InChI is InChI=1S/C15H14F3OP.2ClH.Zr/c1-9-5-4-8-12(13(9)19)20-14-10(2)6-3-7-11(14)15(16,17)18;;;/h3-8,19-20H,1-2H3;2*1H;/q;;;+2/p-2. The zero-order valence-electron chi connectivity index (χ0n) is 12.3. The third-order valence-electron chi connectivity index (χ3n) is 3.08. The molecule has 2 aromatic rings. The van der Waals surface area contributed by atoms with Crippen molar-refractivity contribution in [3.8, 4) is 5.75 Å². The minimum atomic E-state index is -4.38. The first-order valence-electron chi connectivity index (χ1n) is 6.41. The number of phenols is 1. The van der Waals surface area contributed by atoms with Gasteiger partial charge in [-0.3, -0.25) is 0 Å². The Balaban J connectivity index is 0.000000816. The number of halogens is 5. The second-order valence-electron chi connectivity index (χ2n) is 4.66. The van der Waals surface area contributed by atoms with Crippen LogP contribution in [0.3, 0.4) is 0 Å². The van der Waals surface area contributed by atoms with Crippen LogP contribution in [0.25, 0.3) is 0 Å². The molecule has 8 heteroatoms. The van der Waals surface area contributed by atoms with Gasteiger partial charge in [-0.2, -0.15) is 13.2 Å². The third-order valence-corrected chi connectivity index (χ3v) is 4.66. The molecule has 0 saturated carbocycles. The van der Waals surface area contributed by atoms with E-state index >= 15 is 0 Å². The molecular formula is C15H14Cl2F3OPZr. The van der Waals surface area contributed by atoms with Crippen molar-refractivity contribution in [1.82, 2.24) is 0 Å². The summed E-state index contributed by atoms with van der Waals surface area (Å²) >= 11 is -0.826. The quantitative estimate of drug-likeness (QED) is 0.624. The topological polar surface area (TPSA) is 20.2 Å². The number of alkyl halides is 3. The van der Waals surface area contributed by atoms with Crippen molar-refractivity contribution in [3.63, 3.8) is 0 Å². The van der Waals surface area contributed by atoms with Crippen LogP contribution in [0.15, 0.2) is 36.4 Å². The summed E-state index contributed by atoms with van der Waals surface area (Å²) in [5, 5.41) is 10.7. The summed E-state index contributed by atoms with van der Waals surface area (Å²) in [6, 6.07) is 9.27. The molecule has 1 nitrogen and oxygen atoms in total. The first kappa shape index (κ1) is 21.0. The number of hydrogen-bond donors (Lipinski definition) is 1. The molecule has 1 unspecified atom stereocenters. The van der Waals surface area contributed by atoms with Crippen LogP contribution < -0.4 is 10.6 Å². The Labute approximate surface area is 153 Å². The molecule has 0 aliphatic heterocycles. The first-order valence-corrected chi connectivity index (χ1v) is 13.7. The van der Waals surface area contributed by atoms with Crippen LogP contribution in [0.4, 0.5) is 13.2 Å². The van der Waals surface area contributed by atoms with Crippen LogP contribution in [-0.2, 0) is 27.0 Å². The Hall–Kier alpha value is -0.0769. The van der Waals surface area contributed by atoms with Crippen molar-refractivity contribution in [2.75, 3.05) is 0 Å². The van der Waals surface area contributed by atoms with Crippen molar-refractivity contribution < 1.29 is 39.1 Å². The predicted octanol–water partition coefficient (Wildman–Crippen LogP) is 5.03. The maximum absolute atomic E-state index is 13.1. The van der Waals surface area contributed by atoms with E-state index in [2.05, 4.69) is 0 Å². The van der Waals surface area contributed by atoms with E-state index in [1.165, 1.54) is 6.07 Å². The second-order valence-corrected chi connectivity index (χ2v) is 9.68. The van der Waals surface area contributed by atoms with Gasteiger partial charge in [0, 0.05) is 5.30 Å². The van der Waals surface area contributed by atoms with Gasteiger partial charge in [-0.15, -0.1) is 0 Å². The monoisotopic (exact) mass is 458 g/mol. The number of hydrogen-bond acceptors (Lipinski definition) is 1. The SMILES string of the molecule is Cc1cccc(Pc2c(C)cccc2C(F)(F)F)c1O.[Cl][Zr][Cl]. The maximum atomic E-state index is 13.1. The van der Waals surface area contributed by atoms with E-state index in [1.807, 2.05) is 0 Å². The molecule has 0 fully saturated rings. The summed E-state index contributed by atoms with van der Waals surface area (Å²) in [6.07, 6.45) is -4.38. The molecule has 2 rings (SSSR count). The number of rotatable bonds is 2. The van der Waals surface area contributed by atoms with Gasteiger partial charge in [0.05, 0.1) is 5.56 Å². The van der Waals surface area contributed by atoms with Gasteiger partial charge in [-0.05, 0) is 36.3 Å². The molecule has 1 atom stereocenters. The van der Waals surface area contributed by atoms with E-state index in [-0.39, 0.29) is 19.6 Å². The molecule has 0 amide bonds. The fraction of sp³-hybridized carbons (Fsp3) is 0.200. The van der Waals surface area contributed by atoms with Gasteiger partial charge in [0.15, 0.2) is 0 Å². The van der Waals surface area contributed by atoms with Gasteiger partial charge in [-0.1, -0.05) is 38.9 Å². The van der Waals surface area contributed by atoms with Gasteiger partial charge < -0.3 is 5.11 Å². The molecule has 23 heavy (non-hydrogen) atoms. The molecule has 1 N–H and O–H groups in total. The van der Waals surface area contributed by atoms with Crippen molar-refractivity contribution in [2.45, 2.75) is 20.0 Å². The van der Waals surface area contributed by atoms with Crippen LogP contribution in [0.5, 0.6) is 5.75 Å². The van der Waals surface area contributed by atoms with Crippen LogP contribution in [0.2, 0.25) is 0 Å². The molecule has 0 bridgehead atoms. The Morgan fingerprint density at radius 3 is 2.09 bits per heavy atom. The first-order chi connectivity index (χ1) is 10.7. The van der Waals surface area contributed by atoms with Gasteiger partial charge in [0.2, 0.25) is 0 Å². The molecule has 124 valence electrons. The summed E-state index contributed by atoms with van der Waals surface area (Å²) in [5.41, 5.74) is 0.618. The molecule has 0 aromatic heterocycles. The normalized spacial score (nSPS) is 11.3. The Morgan fingerprint density at radius 2 is 1.52 bits per heavy atom. The molecule has 0 saturated heterocycles. The molecule has 2 aromatic carbocycles. The summed E-state index contributed by atoms with van der Waals surface area (Å²) in [5.74, 6) is 0.0715. The zero-order chi connectivity index (χ0) is 17.6. The van der Waals surface area contributed by atoms with Crippen LogP contribution in [-0.4, -0.2) is 5.11 Å². The molecular weight excluding hydrogens is 446 g/mol. The van der Waals surface area contributed by atoms with E-state index in [1.54, 1.807) is 38.1 Å². The number of benzene rings is 2. The molecule has 0 radical (unpaired) electrons. The molecule has 0 heterocycles. The van der Waals surface area contributed by atoms with E-state index < -0.39 is 32.6 Å². The second kappa shape index (κ2) is 9.42. The average Bonchev–Trinajstić information content (AvgIpc) is 2.45. The van der Waals surface area contributed by atoms with E-state index in [0.29, 0.717) is 16.4 Å². The molecule has 0 aliphatic rings.